The van der Waals surface area contributed by atoms with Crippen molar-refractivity contribution in [1.82, 2.24) is 10.3 Å². The molecule has 3 heteroatoms. The van der Waals surface area contributed by atoms with E-state index in [2.05, 4.69) is 23.3 Å². The predicted octanol–water partition coefficient (Wildman–Crippen LogP) is 2.41. The van der Waals surface area contributed by atoms with Crippen LogP contribution in [0, 0.1) is 0 Å². The SMILES string of the molecule is CCCCC(Cc1ccc(OC)nc1)NC. The zero-order chi connectivity index (χ0) is 11.8. The lowest BCUT2D eigenvalue weighted by Gasteiger charge is -2.15. The number of rotatable bonds is 7. The van der Waals surface area contributed by atoms with Gasteiger partial charge >= 0.3 is 0 Å². The molecule has 1 aromatic heterocycles. The van der Waals surface area contributed by atoms with Crippen molar-refractivity contribution in [2.75, 3.05) is 14.2 Å². The molecule has 0 radical (unpaired) electrons. The average Bonchev–Trinajstić information content (AvgIpc) is 2.35. The molecule has 1 rings (SSSR count). The van der Waals surface area contributed by atoms with Crippen molar-refractivity contribution < 1.29 is 4.74 Å². The normalized spacial score (nSPS) is 12.4. The third-order valence-electron chi connectivity index (χ3n) is 2.80. The lowest BCUT2D eigenvalue weighted by molar-refractivity contribution is 0.397. The number of hydrogen-bond donors (Lipinski definition) is 1. The Morgan fingerprint density at radius 2 is 2.25 bits per heavy atom. The molecule has 1 atom stereocenters. The summed E-state index contributed by atoms with van der Waals surface area (Å²) < 4.78 is 5.04. The van der Waals surface area contributed by atoms with E-state index in [0.717, 1.165) is 6.42 Å². The Bertz CT molecular complexity index is 284. The Balaban J connectivity index is 2.49. The lowest BCUT2D eigenvalue weighted by atomic mass is 10.0. The summed E-state index contributed by atoms with van der Waals surface area (Å²) in [6.45, 7) is 2.22. The molecule has 90 valence electrons. The van der Waals surface area contributed by atoms with E-state index in [4.69, 9.17) is 4.74 Å². The van der Waals surface area contributed by atoms with Crippen LogP contribution in [0.25, 0.3) is 0 Å². The number of pyridine rings is 1. The molecule has 0 aliphatic heterocycles. The smallest absolute Gasteiger partial charge is 0.212 e. The van der Waals surface area contributed by atoms with Gasteiger partial charge in [-0.25, -0.2) is 4.98 Å². The Labute approximate surface area is 98.2 Å². The van der Waals surface area contributed by atoms with Crippen LogP contribution in [-0.4, -0.2) is 25.2 Å². The van der Waals surface area contributed by atoms with Gasteiger partial charge in [0.05, 0.1) is 7.11 Å². The van der Waals surface area contributed by atoms with Crippen molar-refractivity contribution in [3.63, 3.8) is 0 Å². The van der Waals surface area contributed by atoms with E-state index < -0.39 is 0 Å². The van der Waals surface area contributed by atoms with Crippen molar-refractivity contribution in [2.45, 2.75) is 38.6 Å². The van der Waals surface area contributed by atoms with E-state index in [9.17, 15) is 0 Å². The highest BCUT2D eigenvalue weighted by molar-refractivity contribution is 5.18. The highest BCUT2D eigenvalue weighted by atomic mass is 16.5. The number of unbranched alkanes of at least 4 members (excludes halogenated alkanes) is 1. The summed E-state index contributed by atoms with van der Waals surface area (Å²) in [7, 11) is 3.66. The molecule has 0 aromatic carbocycles. The molecule has 0 aliphatic carbocycles. The van der Waals surface area contributed by atoms with Gasteiger partial charge in [-0.1, -0.05) is 25.8 Å². The Morgan fingerprint density at radius 1 is 1.44 bits per heavy atom. The number of nitrogens with zero attached hydrogens (tertiary/aromatic N) is 1. The molecule has 0 saturated carbocycles. The number of methoxy groups -OCH3 is 1. The molecule has 0 fully saturated rings. The fourth-order valence-corrected chi connectivity index (χ4v) is 1.74. The summed E-state index contributed by atoms with van der Waals surface area (Å²) >= 11 is 0. The van der Waals surface area contributed by atoms with Gasteiger partial charge in [0.1, 0.15) is 0 Å². The minimum absolute atomic E-state index is 0.551. The van der Waals surface area contributed by atoms with E-state index in [-0.39, 0.29) is 0 Å². The largest absolute Gasteiger partial charge is 0.481 e. The van der Waals surface area contributed by atoms with Crippen LogP contribution in [0.1, 0.15) is 31.7 Å². The van der Waals surface area contributed by atoms with Gasteiger partial charge in [-0.3, -0.25) is 0 Å². The maximum atomic E-state index is 5.04. The molecule has 0 bridgehead atoms. The first-order valence-electron chi connectivity index (χ1n) is 5.96. The maximum absolute atomic E-state index is 5.04. The summed E-state index contributed by atoms with van der Waals surface area (Å²) in [4.78, 5) is 4.21. The average molecular weight is 222 g/mol. The lowest BCUT2D eigenvalue weighted by Crippen LogP contribution is -2.27. The monoisotopic (exact) mass is 222 g/mol. The molecule has 3 nitrogen and oxygen atoms in total. The second kappa shape index (κ2) is 7.23. The fraction of sp³-hybridized carbons (Fsp3) is 0.615. The molecule has 1 unspecified atom stereocenters. The van der Waals surface area contributed by atoms with Crippen LogP contribution >= 0.6 is 0 Å². The minimum Gasteiger partial charge on any atom is -0.481 e. The van der Waals surface area contributed by atoms with Gasteiger partial charge in [0.15, 0.2) is 0 Å². The summed E-state index contributed by atoms with van der Waals surface area (Å²) in [6.07, 6.45) is 6.68. The van der Waals surface area contributed by atoms with E-state index in [1.54, 1.807) is 7.11 Å². The maximum Gasteiger partial charge on any atom is 0.212 e. The minimum atomic E-state index is 0.551. The van der Waals surface area contributed by atoms with Gasteiger partial charge in [-0.2, -0.15) is 0 Å². The fourth-order valence-electron chi connectivity index (χ4n) is 1.74. The van der Waals surface area contributed by atoms with E-state index in [1.807, 2.05) is 19.3 Å². The third kappa shape index (κ3) is 4.19. The number of ether oxygens (including phenoxy) is 1. The second-order valence-corrected chi connectivity index (χ2v) is 4.04. The van der Waals surface area contributed by atoms with E-state index >= 15 is 0 Å². The molecular formula is C13H22N2O. The highest BCUT2D eigenvalue weighted by Gasteiger charge is 2.06. The second-order valence-electron chi connectivity index (χ2n) is 4.04. The van der Waals surface area contributed by atoms with Crippen molar-refractivity contribution >= 4 is 0 Å². The Hall–Kier alpha value is -1.09. The van der Waals surface area contributed by atoms with Crippen molar-refractivity contribution in [3.05, 3.63) is 23.9 Å². The standard InChI is InChI=1S/C13H22N2O/c1-4-5-6-12(14-2)9-11-7-8-13(16-3)15-10-11/h7-8,10,12,14H,4-6,9H2,1-3H3. The highest BCUT2D eigenvalue weighted by Crippen LogP contribution is 2.11. The van der Waals surface area contributed by atoms with Crippen molar-refractivity contribution in [1.29, 1.82) is 0 Å². The van der Waals surface area contributed by atoms with Crippen molar-refractivity contribution in [2.24, 2.45) is 0 Å². The number of hydrogen-bond acceptors (Lipinski definition) is 3. The quantitative estimate of drug-likeness (QED) is 0.769. The Morgan fingerprint density at radius 3 is 2.75 bits per heavy atom. The van der Waals surface area contributed by atoms with Crippen LogP contribution in [0.5, 0.6) is 5.88 Å². The summed E-state index contributed by atoms with van der Waals surface area (Å²) in [5, 5.41) is 3.35. The van der Waals surface area contributed by atoms with Gasteiger partial charge in [0, 0.05) is 18.3 Å². The van der Waals surface area contributed by atoms with Crippen LogP contribution in [0.4, 0.5) is 0 Å². The first kappa shape index (κ1) is 13.0. The molecule has 1 heterocycles. The van der Waals surface area contributed by atoms with Crippen LogP contribution < -0.4 is 10.1 Å². The first-order valence-corrected chi connectivity index (χ1v) is 5.96. The summed E-state index contributed by atoms with van der Waals surface area (Å²) in [6, 6.07) is 4.56. The van der Waals surface area contributed by atoms with Gasteiger partial charge in [0.2, 0.25) is 5.88 Å². The number of likely N-dealkylation sites (N-methyl/N-ethyl adjacent to an activating group) is 1. The Kier molecular flexibility index (Phi) is 5.86. The van der Waals surface area contributed by atoms with E-state index in [0.29, 0.717) is 11.9 Å². The van der Waals surface area contributed by atoms with Crippen LogP contribution in [0.3, 0.4) is 0 Å². The van der Waals surface area contributed by atoms with Gasteiger partial charge in [-0.05, 0) is 25.5 Å². The molecule has 1 N–H and O–H groups in total. The molecule has 16 heavy (non-hydrogen) atoms. The van der Waals surface area contributed by atoms with Gasteiger partial charge in [0.25, 0.3) is 0 Å². The van der Waals surface area contributed by atoms with Gasteiger partial charge < -0.3 is 10.1 Å². The zero-order valence-electron chi connectivity index (χ0n) is 10.5. The molecular weight excluding hydrogens is 200 g/mol. The molecule has 0 spiro atoms. The van der Waals surface area contributed by atoms with E-state index in [1.165, 1.54) is 24.8 Å². The van der Waals surface area contributed by atoms with Crippen LogP contribution in [0.15, 0.2) is 18.3 Å². The summed E-state index contributed by atoms with van der Waals surface area (Å²) in [5.41, 5.74) is 1.26. The van der Waals surface area contributed by atoms with Crippen LogP contribution in [0.2, 0.25) is 0 Å². The molecule has 0 amide bonds. The predicted molar refractivity (Wildman–Crippen MR) is 66.9 cm³/mol. The first-order chi connectivity index (χ1) is 7.80. The molecule has 0 aliphatic rings. The number of nitrogens with one attached hydrogen (secondary N) is 1. The third-order valence-corrected chi connectivity index (χ3v) is 2.80. The van der Waals surface area contributed by atoms with Crippen molar-refractivity contribution in [3.8, 4) is 5.88 Å². The zero-order valence-corrected chi connectivity index (χ0v) is 10.5. The summed E-state index contributed by atoms with van der Waals surface area (Å²) in [5.74, 6) is 0.679. The molecule has 1 aromatic rings. The number of aromatic nitrogens is 1. The topological polar surface area (TPSA) is 34.1 Å². The van der Waals surface area contributed by atoms with Crippen LogP contribution in [-0.2, 0) is 6.42 Å². The van der Waals surface area contributed by atoms with Gasteiger partial charge in [-0.15, -0.1) is 0 Å². The molecule has 0 saturated heterocycles.